The number of alkyl carbamates (subject to hydrolysis) is 1. The van der Waals surface area contributed by atoms with Crippen molar-refractivity contribution in [2.24, 2.45) is 0 Å². The normalized spacial score (nSPS) is 11.6. The van der Waals surface area contributed by atoms with Gasteiger partial charge >= 0.3 is 12.1 Å². The summed E-state index contributed by atoms with van der Waals surface area (Å²) in [6, 6.07) is 30.0. The lowest BCUT2D eigenvalue weighted by Crippen LogP contribution is -2.45. The molecule has 8 nitrogen and oxygen atoms in total. The predicted octanol–water partition coefficient (Wildman–Crippen LogP) is 5.95. The van der Waals surface area contributed by atoms with Crippen molar-refractivity contribution in [3.8, 4) is 0 Å². The molecule has 2 N–H and O–H groups in total. The van der Waals surface area contributed by atoms with E-state index in [9.17, 15) is 14.4 Å². The van der Waals surface area contributed by atoms with E-state index in [1.54, 1.807) is 12.1 Å². The number of benzene rings is 4. The molecular weight excluding hydrogens is 496 g/mol. The van der Waals surface area contributed by atoms with E-state index in [-0.39, 0.29) is 19.6 Å². The number of fused-ring (bicyclic) bond motifs is 3. The minimum Gasteiger partial charge on any atom is -0.461 e. The Kier molecular flexibility index (Phi) is 7.83. The molecule has 0 saturated heterocycles. The Morgan fingerprint density at radius 3 is 2.03 bits per heavy atom. The zero-order valence-corrected chi connectivity index (χ0v) is 21.0. The number of hydrogen-bond acceptors (Lipinski definition) is 6. The van der Waals surface area contributed by atoms with Gasteiger partial charge in [0.25, 0.3) is 0 Å². The van der Waals surface area contributed by atoms with E-state index >= 15 is 0 Å². The van der Waals surface area contributed by atoms with Gasteiger partial charge in [0.15, 0.2) is 0 Å². The van der Waals surface area contributed by atoms with Gasteiger partial charge in [0.1, 0.15) is 30.4 Å². The molecule has 0 saturated carbocycles. The van der Waals surface area contributed by atoms with Crippen LogP contribution in [0.3, 0.4) is 0 Å². The summed E-state index contributed by atoms with van der Waals surface area (Å²) >= 11 is 0. The summed E-state index contributed by atoms with van der Waals surface area (Å²) in [6.07, 6.45) is -1.21. The lowest BCUT2D eigenvalue weighted by Gasteiger charge is -2.18. The highest BCUT2D eigenvalue weighted by Crippen LogP contribution is 2.30. The number of hydrogen-bond donors (Lipinski definition) is 2. The Hall–Kier alpha value is -5.11. The number of carbonyl (C=O) groups is 3. The van der Waals surface area contributed by atoms with E-state index in [0.717, 1.165) is 27.5 Å². The monoisotopic (exact) mass is 522 g/mol. The lowest BCUT2D eigenvalue weighted by molar-refractivity contribution is -0.146. The quantitative estimate of drug-likeness (QED) is 0.232. The van der Waals surface area contributed by atoms with Gasteiger partial charge in [-0.1, -0.05) is 78.9 Å². The number of ether oxygens (including phenoxy) is 2. The largest absolute Gasteiger partial charge is 0.461 e. The Labute approximate surface area is 224 Å². The summed E-state index contributed by atoms with van der Waals surface area (Å²) < 4.78 is 16.5. The number of furan rings is 1. The Bertz CT molecular complexity index is 1540. The molecule has 39 heavy (non-hydrogen) atoms. The van der Waals surface area contributed by atoms with Gasteiger partial charge in [-0.2, -0.15) is 0 Å². The molecule has 0 unspecified atom stereocenters. The molecule has 8 heteroatoms. The molecule has 5 aromatic rings. The molecule has 1 heterocycles. The van der Waals surface area contributed by atoms with Crippen LogP contribution in [-0.2, 0) is 32.3 Å². The van der Waals surface area contributed by atoms with Crippen LogP contribution in [0.4, 0.5) is 10.5 Å². The van der Waals surface area contributed by atoms with Crippen molar-refractivity contribution >= 4 is 45.6 Å². The van der Waals surface area contributed by atoms with Gasteiger partial charge in [0, 0.05) is 22.5 Å². The van der Waals surface area contributed by atoms with Crippen molar-refractivity contribution in [2.75, 3.05) is 5.32 Å². The zero-order valence-electron chi connectivity index (χ0n) is 21.0. The van der Waals surface area contributed by atoms with Crippen LogP contribution >= 0.6 is 0 Å². The highest BCUT2D eigenvalue weighted by molar-refractivity contribution is 6.07. The molecular formula is C31H26N2O6. The van der Waals surface area contributed by atoms with Crippen molar-refractivity contribution in [3.63, 3.8) is 0 Å². The molecule has 0 aliphatic carbocycles. The van der Waals surface area contributed by atoms with Gasteiger partial charge in [-0.25, -0.2) is 4.79 Å². The van der Waals surface area contributed by atoms with E-state index in [0.29, 0.717) is 11.3 Å². The number of amides is 2. The van der Waals surface area contributed by atoms with Crippen LogP contribution in [0.15, 0.2) is 108 Å². The van der Waals surface area contributed by atoms with Crippen molar-refractivity contribution in [1.82, 2.24) is 5.32 Å². The number of esters is 1. The fourth-order valence-electron chi connectivity index (χ4n) is 4.11. The first-order valence-electron chi connectivity index (χ1n) is 12.4. The van der Waals surface area contributed by atoms with Crippen LogP contribution in [-0.4, -0.2) is 24.0 Å². The van der Waals surface area contributed by atoms with Gasteiger partial charge in [0.05, 0.1) is 6.42 Å². The second-order valence-corrected chi connectivity index (χ2v) is 8.91. The van der Waals surface area contributed by atoms with E-state index in [1.807, 2.05) is 91.0 Å². The first kappa shape index (κ1) is 25.5. The summed E-state index contributed by atoms with van der Waals surface area (Å²) in [7, 11) is 0. The maximum absolute atomic E-state index is 13.2. The summed E-state index contributed by atoms with van der Waals surface area (Å²) in [5.41, 5.74) is 3.38. The molecule has 0 bridgehead atoms. The maximum atomic E-state index is 13.2. The molecule has 0 aliphatic rings. The number of carbonyl (C=O) groups excluding carboxylic acids is 3. The lowest BCUT2D eigenvalue weighted by atomic mass is 10.1. The molecule has 1 atom stereocenters. The van der Waals surface area contributed by atoms with Crippen LogP contribution < -0.4 is 10.6 Å². The second kappa shape index (κ2) is 12.0. The molecule has 5 rings (SSSR count). The van der Waals surface area contributed by atoms with E-state index in [1.165, 1.54) is 0 Å². The van der Waals surface area contributed by atoms with Crippen LogP contribution in [0.25, 0.3) is 21.9 Å². The molecule has 0 aliphatic heterocycles. The number of rotatable bonds is 9. The topological polar surface area (TPSA) is 107 Å². The molecule has 1 aromatic heterocycles. The molecule has 196 valence electrons. The van der Waals surface area contributed by atoms with E-state index < -0.39 is 24.0 Å². The minimum absolute atomic E-state index is 0.0161. The van der Waals surface area contributed by atoms with Gasteiger partial charge in [-0.05, 0) is 29.3 Å². The third kappa shape index (κ3) is 6.61. The molecule has 0 radical (unpaired) electrons. The second-order valence-electron chi connectivity index (χ2n) is 8.91. The molecule has 2 amide bonds. The van der Waals surface area contributed by atoms with Gasteiger partial charge in [0.2, 0.25) is 5.91 Å². The average Bonchev–Trinajstić information content (AvgIpc) is 3.33. The summed E-state index contributed by atoms with van der Waals surface area (Å²) in [6.45, 7) is 0.0668. The number of para-hydroxylation sites is 1. The van der Waals surface area contributed by atoms with Crippen molar-refractivity contribution in [1.29, 1.82) is 0 Å². The Morgan fingerprint density at radius 1 is 0.692 bits per heavy atom. The van der Waals surface area contributed by atoms with Crippen LogP contribution in [0.2, 0.25) is 0 Å². The van der Waals surface area contributed by atoms with Gasteiger partial charge in [-0.3, -0.25) is 9.59 Å². The summed E-state index contributed by atoms with van der Waals surface area (Å²) in [4.78, 5) is 38.4. The summed E-state index contributed by atoms with van der Waals surface area (Å²) in [5.74, 6) is -1.24. The van der Waals surface area contributed by atoms with Crippen molar-refractivity contribution < 1.29 is 28.3 Å². The minimum atomic E-state index is -1.23. The van der Waals surface area contributed by atoms with Crippen LogP contribution in [0.1, 0.15) is 17.5 Å². The maximum Gasteiger partial charge on any atom is 0.408 e. The highest BCUT2D eigenvalue weighted by Gasteiger charge is 2.26. The molecule has 4 aromatic carbocycles. The van der Waals surface area contributed by atoms with Gasteiger partial charge in [-0.15, -0.1) is 0 Å². The molecule has 0 spiro atoms. The Morgan fingerprint density at radius 2 is 1.31 bits per heavy atom. The summed E-state index contributed by atoms with van der Waals surface area (Å²) in [5, 5.41) is 7.13. The Balaban J connectivity index is 1.27. The standard InChI is InChI=1S/C31H26N2O6/c34-29(37-19-21-9-3-1-4-10-21)18-26(33-31(36)38-20-22-11-5-2-6-12-22)30(35)32-23-15-16-25-24-13-7-8-14-27(24)39-28(25)17-23/h1-17,26H,18-20H2,(H,32,35)(H,33,36)/t26-/m0/s1. The van der Waals surface area contributed by atoms with Gasteiger partial charge < -0.3 is 24.5 Å². The third-order valence-corrected chi connectivity index (χ3v) is 6.08. The van der Waals surface area contributed by atoms with E-state index in [2.05, 4.69) is 10.6 Å². The fourth-order valence-corrected chi connectivity index (χ4v) is 4.11. The zero-order chi connectivity index (χ0) is 27.0. The smallest absolute Gasteiger partial charge is 0.408 e. The number of nitrogens with one attached hydrogen (secondary N) is 2. The fraction of sp³-hybridized carbons (Fsp3) is 0.129. The average molecular weight is 523 g/mol. The van der Waals surface area contributed by atoms with Crippen molar-refractivity contribution in [3.05, 3.63) is 114 Å². The predicted molar refractivity (Wildman–Crippen MR) is 147 cm³/mol. The first-order chi connectivity index (χ1) is 19.0. The highest BCUT2D eigenvalue weighted by atomic mass is 16.5. The first-order valence-corrected chi connectivity index (χ1v) is 12.4. The SMILES string of the molecule is O=C(C[C@H](NC(=O)OCc1ccccc1)C(=O)Nc1ccc2c(c1)oc1ccccc12)OCc1ccccc1. The van der Waals surface area contributed by atoms with Crippen molar-refractivity contribution in [2.45, 2.75) is 25.7 Å². The number of anilines is 1. The van der Waals surface area contributed by atoms with Crippen LogP contribution in [0, 0.1) is 0 Å². The molecule has 0 fully saturated rings. The third-order valence-electron chi connectivity index (χ3n) is 6.08. The van der Waals surface area contributed by atoms with E-state index in [4.69, 9.17) is 13.9 Å². The van der Waals surface area contributed by atoms with Crippen LogP contribution in [0.5, 0.6) is 0 Å².